The Morgan fingerprint density at radius 3 is 1.97 bits per heavy atom. The minimum absolute atomic E-state index is 0.0252. The van der Waals surface area contributed by atoms with Crippen LogP contribution >= 0.6 is 23.8 Å². The molecule has 2 N–H and O–H groups in total. The van der Waals surface area contributed by atoms with Gasteiger partial charge in [0.1, 0.15) is 0 Å². The summed E-state index contributed by atoms with van der Waals surface area (Å²) in [5, 5.41) is 20.0. The first-order valence-electron chi connectivity index (χ1n) is 9.84. The summed E-state index contributed by atoms with van der Waals surface area (Å²) in [4.78, 5) is 11.0. The molecule has 0 bridgehead atoms. The molecule has 5 nitrogen and oxygen atoms in total. The number of thiocarbonyl (C=S) groups is 1. The maximum atomic E-state index is 13.0. The van der Waals surface area contributed by atoms with Gasteiger partial charge in [0.15, 0.2) is 0 Å². The van der Waals surface area contributed by atoms with Crippen LogP contribution in [-0.2, 0) is 25.4 Å². The van der Waals surface area contributed by atoms with Crippen LogP contribution in [0.2, 0.25) is 5.02 Å². The average molecular weight is 558 g/mol. The van der Waals surface area contributed by atoms with Gasteiger partial charge in [-0.25, -0.2) is 0 Å². The van der Waals surface area contributed by atoms with Gasteiger partial charge in [-0.05, 0) is 0 Å². The van der Waals surface area contributed by atoms with E-state index < -0.39 is 28.7 Å². The summed E-state index contributed by atoms with van der Waals surface area (Å²) in [6, 6.07) is 7.36. The number of carboxylic acids is 1. The molecule has 0 aliphatic heterocycles. The van der Waals surface area contributed by atoms with Crippen molar-refractivity contribution >= 4 is 56.1 Å². The Morgan fingerprint density at radius 2 is 1.53 bits per heavy atom. The zero-order valence-corrected chi connectivity index (χ0v) is 23.1. The molecule has 2 aromatic rings. The second kappa shape index (κ2) is 9.46. The minimum atomic E-state index is -3.84. The third-order valence-corrected chi connectivity index (χ3v) is 12.3. The van der Waals surface area contributed by atoms with Gasteiger partial charge in [-0.15, -0.1) is 0 Å². The van der Waals surface area contributed by atoms with Gasteiger partial charge in [0.25, 0.3) is 0 Å². The van der Waals surface area contributed by atoms with E-state index in [0.717, 1.165) is 22.8 Å². The van der Waals surface area contributed by atoms with Crippen molar-refractivity contribution < 1.29 is 23.4 Å². The molecule has 0 amide bonds. The molecule has 0 aliphatic carbocycles. The summed E-state index contributed by atoms with van der Waals surface area (Å²) in [6.07, 6.45) is 0.261. The molecule has 0 saturated heterocycles. The van der Waals surface area contributed by atoms with E-state index in [1.165, 1.54) is 12.1 Å². The van der Waals surface area contributed by atoms with Gasteiger partial charge >= 0.3 is 207 Å². The molecule has 1 radical (unpaired) electrons. The molecule has 2 rings (SSSR count). The molecule has 0 unspecified atom stereocenters. The maximum absolute atomic E-state index is 13.0. The van der Waals surface area contributed by atoms with Crippen molar-refractivity contribution in [3.05, 3.63) is 57.6 Å². The summed E-state index contributed by atoms with van der Waals surface area (Å²) < 4.78 is 26.3. The van der Waals surface area contributed by atoms with Crippen LogP contribution in [0, 0.1) is 0 Å². The van der Waals surface area contributed by atoms with Crippen LogP contribution in [0.25, 0.3) is 0 Å². The molecule has 9 heteroatoms. The number of phenolic OH excluding ortho intramolecular Hbond substituents is 1. The van der Waals surface area contributed by atoms with Crippen LogP contribution in [0.5, 0.6) is 5.75 Å². The van der Waals surface area contributed by atoms with E-state index in [-0.39, 0.29) is 38.5 Å². The van der Waals surface area contributed by atoms with E-state index in [4.69, 9.17) is 23.8 Å². The quantitative estimate of drug-likeness (QED) is 0.370. The van der Waals surface area contributed by atoms with E-state index in [1.807, 2.05) is 53.7 Å². The number of aromatic carboxylic acids is 1. The van der Waals surface area contributed by atoms with Crippen LogP contribution < -0.4 is 0 Å². The first-order chi connectivity index (χ1) is 14.4. The second-order valence-corrected chi connectivity index (χ2v) is 18.1. The standard InChI is InChI=1S/C23H27AsClO5S2/c1-22(2,3)15-9-13(10-16(20(15)26)23(4,5)6)11-19(31)24-32(29,30)18-12-14(21(27)28)7-8-17(18)25/h7-10,12,26H,11H2,1-6H3,(H,27,28). The van der Waals surface area contributed by atoms with Crippen LogP contribution in [0.15, 0.2) is 35.2 Å². The van der Waals surface area contributed by atoms with Crippen LogP contribution in [0.1, 0.15) is 68.6 Å². The van der Waals surface area contributed by atoms with Crippen LogP contribution in [-0.4, -0.2) is 42.8 Å². The summed E-state index contributed by atoms with van der Waals surface area (Å²) in [5.74, 6) is -0.983. The number of carbonyl (C=O) groups is 1. The van der Waals surface area contributed by atoms with Gasteiger partial charge in [-0.2, -0.15) is 0 Å². The number of halogens is 1. The monoisotopic (exact) mass is 557 g/mol. The predicted molar refractivity (Wildman–Crippen MR) is 133 cm³/mol. The fourth-order valence-corrected chi connectivity index (χ4v) is 10.7. The predicted octanol–water partition coefficient (Wildman–Crippen LogP) is 5.30. The average Bonchev–Trinajstić information content (AvgIpc) is 2.60. The van der Waals surface area contributed by atoms with E-state index in [1.54, 1.807) is 0 Å². The van der Waals surface area contributed by atoms with Crippen molar-refractivity contribution in [3.8, 4) is 5.75 Å². The van der Waals surface area contributed by atoms with Crippen molar-refractivity contribution in [2.24, 2.45) is 0 Å². The fraction of sp³-hybridized carbons (Fsp3) is 0.391. The molecule has 0 aromatic heterocycles. The summed E-state index contributed by atoms with van der Waals surface area (Å²) in [7, 11) is -3.84. The molecule has 0 fully saturated rings. The van der Waals surface area contributed by atoms with Gasteiger partial charge in [0.2, 0.25) is 0 Å². The SMILES string of the molecule is CC(C)(C)c1cc(CC(=S)[As]S(=O)(=O)c2cc(C(=O)O)ccc2Cl)cc(C(C)(C)C)c1O. The van der Waals surface area contributed by atoms with Gasteiger partial charge in [-0.3, -0.25) is 0 Å². The summed E-state index contributed by atoms with van der Waals surface area (Å²) >= 11 is 10.0. The Balaban J connectivity index is 2.41. The van der Waals surface area contributed by atoms with Crippen molar-refractivity contribution in [2.45, 2.75) is 63.7 Å². The molecule has 0 saturated carbocycles. The molecule has 0 spiro atoms. The summed E-state index contributed by atoms with van der Waals surface area (Å²) in [6.45, 7) is 12.0. The Hall–Kier alpha value is -1.40. The number of carboxylic acid groups (broad SMARTS) is 1. The van der Waals surface area contributed by atoms with Gasteiger partial charge in [0.05, 0.1) is 0 Å². The number of phenols is 1. The number of hydrogen-bond acceptors (Lipinski definition) is 5. The van der Waals surface area contributed by atoms with Gasteiger partial charge in [-0.1, -0.05) is 0 Å². The first kappa shape index (κ1) is 26.8. The Morgan fingerprint density at radius 1 is 1.03 bits per heavy atom. The number of aromatic hydroxyl groups is 1. The Bertz CT molecular complexity index is 1140. The van der Waals surface area contributed by atoms with Crippen molar-refractivity contribution in [1.29, 1.82) is 0 Å². The Kier molecular flexibility index (Phi) is 7.93. The van der Waals surface area contributed by atoms with Crippen molar-refractivity contribution in [2.75, 3.05) is 0 Å². The number of benzene rings is 2. The first-order valence-corrected chi connectivity index (χ1v) is 15.3. The molecular formula is C23H27AsClO5S2. The van der Waals surface area contributed by atoms with Crippen LogP contribution in [0.4, 0.5) is 0 Å². The zero-order chi connectivity index (χ0) is 24.6. The molecule has 0 atom stereocenters. The van der Waals surface area contributed by atoms with Gasteiger partial charge in [0, 0.05) is 0 Å². The number of hydrogen-bond donors (Lipinski definition) is 2. The molecule has 0 aliphatic rings. The molecule has 0 heterocycles. The summed E-state index contributed by atoms with van der Waals surface area (Å²) in [5.41, 5.74) is 1.61. The van der Waals surface area contributed by atoms with E-state index in [0.29, 0.717) is 3.65 Å². The van der Waals surface area contributed by atoms with E-state index >= 15 is 0 Å². The second-order valence-electron chi connectivity index (χ2n) is 9.63. The van der Waals surface area contributed by atoms with E-state index in [2.05, 4.69) is 0 Å². The molecule has 173 valence electrons. The molecule has 32 heavy (non-hydrogen) atoms. The number of rotatable bonds is 6. The normalized spacial score (nSPS) is 13.0. The molecular weight excluding hydrogens is 531 g/mol. The topological polar surface area (TPSA) is 91.7 Å². The zero-order valence-electron chi connectivity index (χ0n) is 18.9. The third kappa shape index (κ3) is 6.34. The van der Waals surface area contributed by atoms with Gasteiger partial charge < -0.3 is 0 Å². The van der Waals surface area contributed by atoms with Crippen LogP contribution in [0.3, 0.4) is 0 Å². The Labute approximate surface area is 205 Å². The third-order valence-electron chi connectivity index (χ3n) is 4.82. The molecule has 2 aromatic carbocycles. The van der Waals surface area contributed by atoms with E-state index in [9.17, 15) is 23.4 Å². The van der Waals surface area contributed by atoms with Crippen molar-refractivity contribution in [3.63, 3.8) is 0 Å². The fourth-order valence-electron chi connectivity index (χ4n) is 3.16. The van der Waals surface area contributed by atoms with Crippen molar-refractivity contribution in [1.82, 2.24) is 0 Å².